The summed E-state index contributed by atoms with van der Waals surface area (Å²) in [6.07, 6.45) is 0. The first-order chi connectivity index (χ1) is 13.5. The Morgan fingerprint density at radius 2 is 1.43 bits per heavy atom. The zero-order valence-corrected chi connectivity index (χ0v) is 15.8. The molecule has 1 amide bonds. The zero-order valence-electron chi connectivity index (χ0n) is 15.0. The average molecular weight is 398 g/mol. The van der Waals surface area contributed by atoms with E-state index in [1.54, 1.807) is 12.1 Å². The van der Waals surface area contributed by atoms with Crippen LogP contribution in [0.15, 0.2) is 89.8 Å². The lowest BCUT2D eigenvalue weighted by Crippen LogP contribution is -2.40. The maximum atomic E-state index is 13.0. The van der Waals surface area contributed by atoms with E-state index in [1.807, 2.05) is 48.5 Å². The number of para-hydroxylation sites is 1. The number of amides is 1. The Balaban J connectivity index is 1.77. The lowest BCUT2D eigenvalue weighted by molar-refractivity contribution is -0.117. The summed E-state index contributed by atoms with van der Waals surface area (Å²) in [4.78, 5) is 14.2. The second kappa shape index (κ2) is 8.77. The number of hydrogen-bond acceptors (Lipinski definition) is 3. The maximum Gasteiger partial charge on any atom is 0.242 e. The third kappa shape index (κ3) is 5.03. The number of anilines is 1. The molecule has 0 spiro atoms. The van der Waals surface area contributed by atoms with Crippen molar-refractivity contribution in [2.75, 3.05) is 11.4 Å². The number of rotatable bonds is 7. The van der Waals surface area contributed by atoms with Crippen molar-refractivity contribution < 1.29 is 17.6 Å². The monoisotopic (exact) mass is 398 g/mol. The molecule has 0 unspecified atom stereocenters. The van der Waals surface area contributed by atoms with Crippen LogP contribution in [0.2, 0.25) is 0 Å². The van der Waals surface area contributed by atoms with Crippen LogP contribution in [0.5, 0.6) is 0 Å². The van der Waals surface area contributed by atoms with Gasteiger partial charge < -0.3 is 4.90 Å². The van der Waals surface area contributed by atoms with Crippen LogP contribution in [0.25, 0.3) is 0 Å². The van der Waals surface area contributed by atoms with Gasteiger partial charge in [0.15, 0.2) is 0 Å². The third-order valence-electron chi connectivity index (χ3n) is 4.09. The van der Waals surface area contributed by atoms with Crippen molar-refractivity contribution in [2.45, 2.75) is 11.4 Å². The highest BCUT2D eigenvalue weighted by Crippen LogP contribution is 2.17. The molecule has 3 aromatic carbocycles. The fourth-order valence-electron chi connectivity index (χ4n) is 2.65. The number of benzene rings is 3. The lowest BCUT2D eigenvalue weighted by Gasteiger charge is -2.23. The predicted octanol–water partition coefficient (Wildman–Crippen LogP) is 3.34. The maximum absolute atomic E-state index is 13.0. The number of halogens is 1. The molecular weight excluding hydrogens is 379 g/mol. The second-order valence-corrected chi connectivity index (χ2v) is 7.85. The van der Waals surface area contributed by atoms with Crippen molar-refractivity contribution in [1.29, 1.82) is 0 Å². The Morgan fingerprint density at radius 1 is 0.857 bits per heavy atom. The Morgan fingerprint density at radius 3 is 2.04 bits per heavy atom. The summed E-state index contributed by atoms with van der Waals surface area (Å²) in [7, 11) is -3.92. The normalized spacial score (nSPS) is 11.2. The molecule has 3 rings (SSSR count). The molecule has 7 heteroatoms. The molecule has 0 aliphatic heterocycles. The van der Waals surface area contributed by atoms with Crippen molar-refractivity contribution in [3.8, 4) is 0 Å². The third-order valence-corrected chi connectivity index (χ3v) is 5.51. The molecule has 1 N–H and O–H groups in total. The minimum absolute atomic E-state index is 0.101. The topological polar surface area (TPSA) is 66.5 Å². The zero-order chi connectivity index (χ0) is 20.0. The Kier molecular flexibility index (Phi) is 6.18. The molecule has 0 aliphatic carbocycles. The average Bonchev–Trinajstić information content (AvgIpc) is 2.72. The van der Waals surface area contributed by atoms with E-state index < -0.39 is 28.3 Å². The fourth-order valence-corrected chi connectivity index (χ4v) is 3.62. The molecule has 144 valence electrons. The molecule has 0 saturated carbocycles. The van der Waals surface area contributed by atoms with E-state index >= 15 is 0 Å². The van der Waals surface area contributed by atoms with Gasteiger partial charge in [-0.1, -0.05) is 48.5 Å². The van der Waals surface area contributed by atoms with Gasteiger partial charge in [-0.05, 0) is 42.0 Å². The van der Waals surface area contributed by atoms with E-state index in [1.165, 1.54) is 4.90 Å². The number of nitrogens with one attached hydrogen (secondary N) is 1. The van der Waals surface area contributed by atoms with Gasteiger partial charge >= 0.3 is 0 Å². The van der Waals surface area contributed by atoms with Crippen molar-refractivity contribution in [1.82, 2.24) is 4.72 Å². The molecule has 28 heavy (non-hydrogen) atoms. The molecule has 0 aromatic heterocycles. The largest absolute Gasteiger partial charge is 0.307 e. The Hall–Kier alpha value is -3.03. The van der Waals surface area contributed by atoms with Crippen molar-refractivity contribution in [2.24, 2.45) is 0 Å². The van der Waals surface area contributed by atoms with Crippen molar-refractivity contribution in [3.05, 3.63) is 96.3 Å². The summed E-state index contributed by atoms with van der Waals surface area (Å²) in [5, 5.41) is 0. The van der Waals surface area contributed by atoms with Gasteiger partial charge in [-0.3, -0.25) is 4.79 Å². The van der Waals surface area contributed by atoms with Crippen LogP contribution in [-0.4, -0.2) is 20.9 Å². The molecule has 0 aliphatic rings. The summed E-state index contributed by atoms with van der Waals surface area (Å²) in [6, 6.07) is 22.9. The molecule has 0 heterocycles. The standard InChI is InChI=1S/C21H19FN2O3S/c22-18-11-13-20(14-12-18)28(26,27)23-15-21(25)24(19-9-5-2-6-10-19)16-17-7-3-1-4-8-17/h1-14,23H,15-16H2. The van der Waals surface area contributed by atoms with Crippen LogP contribution >= 0.6 is 0 Å². The molecule has 0 atom stereocenters. The second-order valence-electron chi connectivity index (χ2n) is 6.08. The van der Waals surface area contributed by atoms with E-state index in [-0.39, 0.29) is 4.90 Å². The fraction of sp³-hybridized carbons (Fsp3) is 0.0952. The number of carbonyl (C=O) groups is 1. The summed E-state index contributed by atoms with van der Waals surface area (Å²) in [6.45, 7) is -0.108. The van der Waals surface area contributed by atoms with Crippen LogP contribution in [0, 0.1) is 5.82 Å². The van der Waals surface area contributed by atoms with Gasteiger partial charge in [0.05, 0.1) is 18.0 Å². The Labute approximate surface area is 163 Å². The first-order valence-corrected chi connectivity index (χ1v) is 10.1. The summed E-state index contributed by atoms with van der Waals surface area (Å²) in [5.74, 6) is -0.936. The molecule has 0 fully saturated rings. The highest BCUT2D eigenvalue weighted by molar-refractivity contribution is 7.89. The number of carbonyl (C=O) groups excluding carboxylic acids is 1. The molecule has 0 bridgehead atoms. The molecular formula is C21H19FN2O3S. The summed E-state index contributed by atoms with van der Waals surface area (Å²) < 4.78 is 40.0. The molecule has 5 nitrogen and oxygen atoms in total. The SMILES string of the molecule is O=C(CNS(=O)(=O)c1ccc(F)cc1)N(Cc1ccccc1)c1ccccc1. The van der Waals surface area contributed by atoms with Crippen LogP contribution in [0.1, 0.15) is 5.56 Å². The highest BCUT2D eigenvalue weighted by Gasteiger charge is 2.20. The quantitative estimate of drug-likeness (QED) is 0.664. The minimum Gasteiger partial charge on any atom is -0.307 e. The van der Waals surface area contributed by atoms with Crippen LogP contribution < -0.4 is 9.62 Å². The van der Waals surface area contributed by atoms with Gasteiger partial charge in [-0.15, -0.1) is 0 Å². The van der Waals surface area contributed by atoms with Gasteiger partial charge in [0.1, 0.15) is 5.82 Å². The molecule has 0 saturated heterocycles. The Bertz CT molecular complexity index is 1020. The van der Waals surface area contributed by atoms with Gasteiger partial charge in [-0.25, -0.2) is 17.5 Å². The van der Waals surface area contributed by atoms with Gasteiger partial charge in [0.25, 0.3) is 0 Å². The minimum atomic E-state index is -3.92. The van der Waals surface area contributed by atoms with Crippen molar-refractivity contribution in [3.63, 3.8) is 0 Å². The summed E-state index contributed by atoms with van der Waals surface area (Å²) in [5.41, 5.74) is 1.58. The predicted molar refractivity (Wildman–Crippen MR) is 106 cm³/mol. The first-order valence-electron chi connectivity index (χ1n) is 8.60. The van der Waals surface area contributed by atoms with Crippen LogP contribution in [0.3, 0.4) is 0 Å². The van der Waals surface area contributed by atoms with Crippen molar-refractivity contribution >= 4 is 21.6 Å². The molecule has 0 radical (unpaired) electrons. The smallest absolute Gasteiger partial charge is 0.242 e. The van der Waals surface area contributed by atoms with E-state index in [9.17, 15) is 17.6 Å². The highest BCUT2D eigenvalue weighted by atomic mass is 32.2. The van der Waals surface area contributed by atoms with Crippen LogP contribution in [-0.2, 0) is 21.4 Å². The first kappa shape index (κ1) is 19.7. The van der Waals surface area contributed by atoms with Gasteiger partial charge in [0.2, 0.25) is 15.9 Å². The summed E-state index contributed by atoms with van der Waals surface area (Å²) >= 11 is 0. The van der Waals surface area contributed by atoms with Gasteiger partial charge in [0, 0.05) is 5.69 Å². The van der Waals surface area contributed by atoms with Crippen LogP contribution in [0.4, 0.5) is 10.1 Å². The number of nitrogens with zero attached hydrogens (tertiary/aromatic N) is 1. The lowest BCUT2D eigenvalue weighted by atomic mass is 10.2. The van der Waals surface area contributed by atoms with E-state index in [0.717, 1.165) is 29.8 Å². The van der Waals surface area contributed by atoms with E-state index in [0.29, 0.717) is 12.2 Å². The number of hydrogen-bond donors (Lipinski definition) is 1. The number of sulfonamides is 1. The van der Waals surface area contributed by atoms with E-state index in [4.69, 9.17) is 0 Å². The van der Waals surface area contributed by atoms with E-state index in [2.05, 4.69) is 4.72 Å². The van der Waals surface area contributed by atoms with Gasteiger partial charge in [-0.2, -0.15) is 0 Å². The molecule has 3 aromatic rings.